The molecule has 0 saturated heterocycles. The van der Waals surface area contributed by atoms with E-state index in [2.05, 4.69) is 5.32 Å². The number of rotatable bonds is 5. The molecular weight excluding hydrogens is 393 g/mol. The van der Waals surface area contributed by atoms with Gasteiger partial charge in [0.25, 0.3) is 5.91 Å². The number of hydrogen-bond donors (Lipinski definition) is 1. The van der Waals surface area contributed by atoms with Crippen molar-refractivity contribution in [1.82, 2.24) is 5.32 Å². The molecule has 27 heavy (non-hydrogen) atoms. The van der Waals surface area contributed by atoms with Crippen LogP contribution in [0.1, 0.15) is 16.8 Å². The molecule has 1 aromatic rings. The van der Waals surface area contributed by atoms with Gasteiger partial charge < -0.3 is 19.5 Å². The minimum atomic E-state index is -0.538. The van der Waals surface area contributed by atoms with Gasteiger partial charge in [-0.3, -0.25) is 4.79 Å². The largest absolute Gasteiger partial charge is 0.471 e. The van der Waals surface area contributed by atoms with Gasteiger partial charge in [-0.15, -0.1) is 0 Å². The smallest absolute Gasteiger partial charge is 0.337 e. The number of fused-ring (bicyclic) bond motifs is 1. The number of esters is 1. The zero-order valence-electron chi connectivity index (χ0n) is 14.8. The number of amides is 1. The molecule has 0 spiro atoms. The van der Waals surface area contributed by atoms with E-state index in [1.807, 2.05) is 6.08 Å². The number of halogens is 2. The van der Waals surface area contributed by atoms with Crippen LogP contribution in [-0.2, 0) is 19.0 Å². The van der Waals surface area contributed by atoms with E-state index in [-0.39, 0.29) is 29.3 Å². The summed E-state index contributed by atoms with van der Waals surface area (Å²) in [5, 5.41) is 3.37. The predicted molar refractivity (Wildman–Crippen MR) is 100 cm³/mol. The summed E-state index contributed by atoms with van der Waals surface area (Å²) in [4.78, 5) is 24.5. The molecule has 1 N–H and O–H groups in total. The molecule has 1 heterocycles. The number of ether oxygens (including phenoxy) is 3. The van der Waals surface area contributed by atoms with E-state index in [0.29, 0.717) is 22.6 Å². The van der Waals surface area contributed by atoms with Crippen LogP contribution in [0.5, 0.6) is 0 Å². The first kappa shape index (κ1) is 19.7. The van der Waals surface area contributed by atoms with Gasteiger partial charge in [-0.25, -0.2) is 4.79 Å². The molecule has 8 heteroatoms. The summed E-state index contributed by atoms with van der Waals surface area (Å²) in [5.41, 5.74) is 1.69. The third-order valence-electron chi connectivity index (χ3n) is 4.82. The van der Waals surface area contributed by atoms with Crippen LogP contribution in [0.3, 0.4) is 0 Å². The topological polar surface area (TPSA) is 73.9 Å². The third kappa shape index (κ3) is 3.83. The molecule has 1 amide bonds. The second kappa shape index (κ2) is 8.33. The van der Waals surface area contributed by atoms with Gasteiger partial charge >= 0.3 is 5.97 Å². The van der Waals surface area contributed by atoms with E-state index in [4.69, 9.17) is 37.4 Å². The Kier molecular flexibility index (Phi) is 6.09. The molecule has 6 nitrogen and oxygen atoms in total. The van der Waals surface area contributed by atoms with Gasteiger partial charge in [0.2, 0.25) is 6.29 Å². The van der Waals surface area contributed by atoms with E-state index in [0.717, 1.165) is 5.57 Å². The standard InChI is InChI=1S/C19H19Cl2NO5/c1-25-18(24)13-9-27-19(26-2)15-10(6-7-11(13)15)8-22-17(23)12-4-3-5-14(20)16(12)21/h3-6,9,11,15,19H,7-8H2,1-2H3,(H,22,23)/t11-,15-,19-/m1/s1. The minimum absolute atomic E-state index is 0.113. The van der Waals surface area contributed by atoms with Gasteiger partial charge in [-0.05, 0) is 24.1 Å². The summed E-state index contributed by atoms with van der Waals surface area (Å²) in [6, 6.07) is 4.89. The fraction of sp³-hybridized carbons (Fsp3) is 0.368. The highest BCUT2D eigenvalue weighted by Crippen LogP contribution is 2.43. The lowest BCUT2D eigenvalue weighted by atomic mass is 9.83. The second-order valence-electron chi connectivity index (χ2n) is 6.24. The fourth-order valence-electron chi connectivity index (χ4n) is 3.48. The number of carbonyl (C=O) groups is 2. The molecule has 0 aromatic heterocycles. The van der Waals surface area contributed by atoms with Crippen LogP contribution in [0.2, 0.25) is 10.0 Å². The van der Waals surface area contributed by atoms with Gasteiger partial charge in [0, 0.05) is 19.6 Å². The molecule has 144 valence electrons. The SMILES string of the molecule is COC(=O)C1=CO[C@@H](OC)[C@@H]2C(CNC(=O)c3cccc(Cl)c3Cl)=CC[C@H]12. The van der Waals surface area contributed by atoms with E-state index in [1.54, 1.807) is 25.3 Å². The van der Waals surface area contributed by atoms with Crippen molar-refractivity contribution >= 4 is 35.1 Å². The summed E-state index contributed by atoms with van der Waals surface area (Å²) in [5.74, 6) is -1.06. The molecule has 0 unspecified atom stereocenters. The lowest BCUT2D eigenvalue weighted by molar-refractivity contribution is -0.146. The van der Waals surface area contributed by atoms with Gasteiger partial charge in [-0.2, -0.15) is 0 Å². The lowest BCUT2D eigenvalue weighted by Gasteiger charge is -2.34. The number of hydrogen-bond acceptors (Lipinski definition) is 5. The predicted octanol–water partition coefficient (Wildman–Crippen LogP) is 3.35. The first-order valence-electron chi connectivity index (χ1n) is 8.35. The van der Waals surface area contributed by atoms with Crippen molar-refractivity contribution in [2.45, 2.75) is 12.7 Å². The Hall–Kier alpha value is -2.02. The highest BCUT2D eigenvalue weighted by Gasteiger charge is 2.44. The van der Waals surface area contributed by atoms with Crippen molar-refractivity contribution in [2.24, 2.45) is 11.8 Å². The molecule has 2 aliphatic rings. The van der Waals surface area contributed by atoms with Crippen LogP contribution in [0.15, 0.2) is 41.7 Å². The number of allylic oxidation sites excluding steroid dienone is 1. The molecule has 1 aromatic carbocycles. The normalized spacial score (nSPS) is 23.6. The molecule has 1 aliphatic carbocycles. The quantitative estimate of drug-likeness (QED) is 0.593. The molecule has 3 atom stereocenters. The monoisotopic (exact) mass is 411 g/mol. The minimum Gasteiger partial charge on any atom is -0.471 e. The van der Waals surface area contributed by atoms with Crippen LogP contribution < -0.4 is 5.32 Å². The van der Waals surface area contributed by atoms with Gasteiger partial charge in [0.1, 0.15) is 0 Å². The molecule has 0 radical (unpaired) electrons. The summed E-state index contributed by atoms with van der Waals surface area (Å²) in [6.45, 7) is 0.278. The average Bonchev–Trinajstić information content (AvgIpc) is 3.11. The first-order valence-corrected chi connectivity index (χ1v) is 9.11. The second-order valence-corrected chi connectivity index (χ2v) is 7.02. The van der Waals surface area contributed by atoms with Gasteiger partial charge in [-0.1, -0.05) is 35.3 Å². The summed E-state index contributed by atoms with van der Waals surface area (Å²) >= 11 is 12.1. The van der Waals surface area contributed by atoms with Crippen LogP contribution >= 0.6 is 23.2 Å². The van der Waals surface area contributed by atoms with Crippen molar-refractivity contribution in [3.8, 4) is 0 Å². The van der Waals surface area contributed by atoms with Gasteiger partial charge in [0.05, 0.1) is 40.5 Å². The molecule has 0 bridgehead atoms. The fourth-order valence-corrected chi connectivity index (χ4v) is 3.87. The van der Waals surface area contributed by atoms with Crippen LogP contribution in [0.4, 0.5) is 0 Å². The van der Waals surface area contributed by atoms with Crippen LogP contribution in [0.25, 0.3) is 0 Å². The molecular formula is C19H19Cl2NO5. The summed E-state index contributed by atoms with van der Waals surface area (Å²) in [6.07, 6.45) is 3.50. The molecule has 1 aliphatic heterocycles. The maximum Gasteiger partial charge on any atom is 0.337 e. The maximum atomic E-state index is 12.5. The molecule has 0 fully saturated rings. The summed E-state index contributed by atoms with van der Waals surface area (Å²) in [7, 11) is 2.87. The number of carbonyl (C=O) groups excluding carboxylic acids is 2. The van der Waals surface area contributed by atoms with Crippen molar-refractivity contribution in [3.63, 3.8) is 0 Å². The van der Waals surface area contributed by atoms with Crippen molar-refractivity contribution in [1.29, 1.82) is 0 Å². The van der Waals surface area contributed by atoms with Gasteiger partial charge in [0.15, 0.2) is 0 Å². The Morgan fingerprint density at radius 1 is 1.30 bits per heavy atom. The summed E-state index contributed by atoms with van der Waals surface area (Å²) < 4.78 is 15.8. The van der Waals surface area contributed by atoms with E-state index < -0.39 is 12.3 Å². The maximum absolute atomic E-state index is 12.5. The lowest BCUT2D eigenvalue weighted by Crippen LogP contribution is -2.38. The van der Waals surface area contributed by atoms with E-state index >= 15 is 0 Å². The Bertz CT molecular complexity index is 820. The van der Waals surface area contributed by atoms with Crippen molar-refractivity contribution in [2.75, 3.05) is 20.8 Å². The number of benzene rings is 1. The van der Waals surface area contributed by atoms with Crippen molar-refractivity contribution < 1.29 is 23.8 Å². The average molecular weight is 412 g/mol. The molecule has 0 saturated carbocycles. The number of methoxy groups -OCH3 is 2. The van der Waals surface area contributed by atoms with Crippen LogP contribution in [-0.4, -0.2) is 38.9 Å². The van der Waals surface area contributed by atoms with Crippen molar-refractivity contribution in [3.05, 3.63) is 57.3 Å². The zero-order valence-corrected chi connectivity index (χ0v) is 16.3. The Morgan fingerprint density at radius 3 is 2.78 bits per heavy atom. The van der Waals surface area contributed by atoms with Crippen LogP contribution in [0, 0.1) is 11.8 Å². The Morgan fingerprint density at radius 2 is 2.07 bits per heavy atom. The van der Waals surface area contributed by atoms with E-state index in [9.17, 15) is 9.59 Å². The van der Waals surface area contributed by atoms with E-state index in [1.165, 1.54) is 13.4 Å². The Balaban J connectivity index is 1.73. The zero-order chi connectivity index (χ0) is 19.6. The first-order chi connectivity index (χ1) is 13.0. The third-order valence-corrected chi connectivity index (χ3v) is 5.64. The number of nitrogens with one attached hydrogen (secondary N) is 1. The molecule has 3 rings (SSSR count). The highest BCUT2D eigenvalue weighted by molar-refractivity contribution is 6.43. The highest BCUT2D eigenvalue weighted by atomic mass is 35.5. The Labute approximate surface area is 167 Å².